The molecule has 158 valence electrons. The number of pyridine rings is 1. The standard InChI is InChI=1S/C25H20FN5O/c26-21-14-17(2-4-23(21)31-9-11-32-12-10-31)24-20-13-16(1-3-22(20)29-15-30-24)18-5-7-27-25-19(18)6-8-28-25/h1-8,13-15H,9-12H2,(H,27,28). The van der Waals surface area contributed by atoms with Crippen molar-refractivity contribution in [1.82, 2.24) is 19.9 Å². The van der Waals surface area contributed by atoms with E-state index in [4.69, 9.17) is 4.74 Å². The molecule has 0 unspecified atom stereocenters. The lowest BCUT2D eigenvalue weighted by Gasteiger charge is -2.29. The molecule has 7 heteroatoms. The first kappa shape index (κ1) is 18.9. The predicted molar refractivity (Wildman–Crippen MR) is 123 cm³/mol. The van der Waals surface area contributed by atoms with Gasteiger partial charge in [0.15, 0.2) is 0 Å². The van der Waals surface area contributed by atoms with E-state index in [9.17, 15) is 0 Å². The minimum Gasteiger partial charge on any atom is -0.378 e. The minimum atomic E-state index is -0.254. The summed E-state index contributed by atoms with van der Waals surface area (Å²) in [6.07, 6.45) is 5.21. The summed E-state index contributed by atoms with van der Waals surface area (Å²) in [6, 6.07) is 15.4. The maximum Gasteiger partial charge on any atom is 0.147 e. The number of hydrogen-bond donors (Lipinski definition) is 1. The number of halogens is 1. The smallest absolute Gasteiger partial charge is 0.147 e. The van der Waals surface area contributed by atoms with Crippen molar-refractivity contribution in [2.75, 3.05) is 31.2 Å². The van der Waals surface area contributed by atoms with Crippen molar-refractivity contribution in [3.05, 3.63) is 73.1 Å². The number of fused-ring (bicyclic) bond motifs is 2. The van der Waals surface area contributed by atoms with Gasteiger partial charge in [-0.25, -0.2) is 19.3 Å². The molecule has 1 N–H and O–H groups in total. The number of rotatable bonds is 3. The molecule has 0 atom stereocenters. The highest BCUT2D eigenvalue weighted by atomic mass is 19.1. The second-order valence-corrected chi connectivity index (χ2v) is 7.82. The average Bonchev–Trinajstić information content (AvgIpc) is 3.33. The highest BCUT2D eigenvalue weighted by molar-refractivity contribution is 5.99. The van der Waals surface area contributed by atoms with Gasteiger partial charge in [0.2, 0.25) is 0 Å². The van der Waals surface area contributed by atoms with Crippen LogP contribution in [0.25, 0.3) is 44.3 Å². The van der Waals surface area contributed by atoms with Crippen LogP contribution < -0.4 is 4.90 Å². The molecule has 32 heavy (non-hydrogen) atoms. The maximum atomic E-state index is 15.1. The molecule has 0 spiro atoms. The number of hydrogen-bond acceptors (Lipinski definition) is 5. The molecule has 3 aromatic heterocycles. The van der Waals surface area contributed by atoms with Crippen molar-refractivity contribution in [2.24, 2.45) is 0 Å². The van der Waals surface area contributed by atoms with Gasteiger partial charge in [0.05, 0.1) is 30.1 Å². The number of aromatic amines is 1. The summed E-state index contributed by atoms with van der Waals surface area (Å²) in [5.41, 5.74) is 5.80. The van der Waals surface area contributed by atoms with Crippen LogP contribution in [0.5, 0.6) is 0 Å². The molecule has 6 rings (SSSR count). The molecule has 6 nitrogen and oxygen atoms in total. The van der Waals surface area contributed by atoms with Crippen molar-refractivity contribution in [1.29, 1.82) is 0 Å². The van der Waals surface area contributed by atoms with E-state index in [0.29, 0.717) is 37.7 Å². The fourth-order valence-electron chi connectivity index (χ4n) is 4.38. The Kier molecular flexibility index (Phi) is 4.54. The number of morpholine rings is 1. The lowest BCUT2D eigenvalue weighted by molar-refractivity contribution is 0.122. The molecule has 0 saturated carbocycles. The van der Waals surface area contributed by atoms with Crippen LogP contribution in [0.1, 0.15) is 0 Å². The van der Waals surface area contributed by atoms with Gasteiger partial charge in [-0.1, -0.05) is 12.1 Å². The van der Waals surface area contributed by atoms with Crippen LogP contribution >= 0.6 is 0 Å². The first-order chi connectivity index (χ1) is 15.8. The summed E-state index contributed by atoms with van der Waals surface area (Å²) >= 11 is 0. The molecular weight excluding hydrogens is 405 g/mol. The fourth-order valence-corrected chi connectivity index (χ4v) is 4.38. The quantitative estimate of drug-likeness (QED) is 0.449. The van der Waals surface area contributed by atoms with Crippen molar-refractivity contribution in [3.8, 4) is 22.4 Å². The van der Waals surface area contributed by atoms with Gasteiger partial charge in [0.25, 0.3) is 0 Å². The average molecular weight is 425 g/mol. The second-order valence-electron chi connectivity index (χ2n) is 7.82. The van der Waals surface area contributed by atoms with E-state index in [1.165, 1.54) is 6.33 Å². The molecule has 2 aromatic carbocycles. The molecular formula is C25H20FN5O. The number of benzene rings is 2. The van der Waals surface area contributed by atoms with Crippen LogP contribution in [-0.4, -0.2) is 46.2 Å². The Labute approximate surface area is 183 Å². The number of ether oxygens (including phenoxy) is 1. The maximum absolute atomic E-state index is 15.1. The van der Waals surface area contributed by atoms with Gasteiger partial charge < -0.3 is 14.6 Å². The van der Waals surface area contributed by atoms with Gasteiger partial charge >= 0.3 is 0 Å². The van der Waals surface area contributed by atoms with E-state index in [0.717, 1.165) is 38.6 Å². The third-order valence-electron chi connectivity index (χ3n) is 5.98. The third kappa shape index (κ3) is 3.18. The van der Waals surface area contributed by atoms with Gasteiger partial charge in [0.1, 0.15) is 17.8 Å². The largest absolute Gasteiger partial charge is 0.378 e. The van der Waals surface area contributed by atoms with E-state index in [1.54, 1.807) is 12.3 Å². The Hall–Kier alpha value is -3.84. The zero-order valence-electron chi connectivity index (χ0n) is 17.3. The van der Waals surface area contributed by atoms with Crippen molar-refractivity contribution in [3.63, 3.8) is 0 Å². The van der Waals surface area contributed by atoms with E-state index in [1.807, 2.05) is 47.5 Å². The first-order valence-electron chi connectivity index (χ1n) is 10.6. The number of nitrogens with one attached hydrogen (secondary N) is 1. The zero-order chi connectivity index (χ0) is 21.5. The summed E-state index contributed by atoms with van der Waals surface area (Å²) in [5.74, 6) is -0.254. The van der Waals surface area contributed by atoms with Crippen LogP contribution in [0.3, 0.4) is 0 Å². The normalized spacial score (nSPS) is 14.3. The lowest BCUT2D eigenvalue weighted by atomic mass is 9.99. The molecule has 1 aliphatic rings. The van der Waals surface area contributed by atoms with Gasteiger partial charge in [-0.3, -0.25) is 0 Å². The molecule has 1 aliphatic heterocycles. The lowest BCUT2D eigenvalue weighted by Crippen LogP contribution is -2.36. The van der Waals surface area contributed by atoms with Crippen molar-refractivity contribution >= 4 is 27.6 Å². The van der Waals surface area contributed by atoms with Gasteiger partial charge in [-0.05, 0) is 47.5 Å². The molecule has 1 saturated heterocycles. The number of anilines is 1. The third-order valence-corrected chi connectivity index (χ3v) is 5.98. The topological polar surface area (TPSA) is 66.9 Å². The van der Waals surface area contributed by atoms with E-state index in [2.05, 4.69) is 26.0 Å². The highest BCUT2D eigenvalue weighted by Crippen LogP contribution is 2.34. The number of nitrogens with zero attached hydrogens (tertiary/aromatic N) is 4. The Bertz CT molecular complexity index is 1440. The highest BCUT2D eigenvalue weighted by Gasteiger charge is 2.17. The zero-order valence-corrected chi connectivity index (χ0v) is 17.3. The van der Waals surface area contributed by atoms with Crippen LogP contribution in [0, 0.1) is 5.82 Å². The first-order valence-corrected chi connectivity index (χ1v) is 10.6. The van der Waals surface area contributed by atoms with Gasteiger partial charge in [-0.2, -0.15) is 0 Å². The molecule has 0 amide bonds. The van der Waals surface area contributed by atoms with E-state index in [-0.39, 0.29) is 5.82 Å². The minimum absolute atomic E-state index is 0.254. The van der Waals surface area contributed by atoms with Gasteiger partial charge in [0, 0.05) is 41.8 Å². The van der Waals surface area contributed by atoms with Crippen LogP contribution in [-0.2, 0) is 4.74 Å². The SMILES string of the molecule is Fc1cc(-c2ncnc3ccc(-c4ccnc5[nH]ccc45)cc23)ccc1N1CCOCC1. The summed E-state index contributed by atoms with van der Waals surface area (Å²) in [4.78, 5) is 18.5. The fraction of sp³-hybridized carbons (Fsp3) is 0.160. The number of H-pyrrole nitrogens is 1. The summed E-state index contributed by atoms with van der Waals surface area (Å²) in [5, 5.41) is 1.93. The Morgan fingerprint density at radius 1 is 0.875 bits per heavy atom. The molecule has 0 bridgehead atoms. The summed E-state index contributed by atoms with van der Waals surface area (Å²) in [6.45, 7) is 2.61. The van der Waals surface area contributed by atoms with Gasteiger partial charge in [-0.15, -0.1) is 0 Å². The van der Waals surface area contributed by atoms with E-state index >= 15 is 4.39 Å². The molecule has 5 aromatic rings. The summed E-state index contributed by atoms with van der Waals surface area (Å²) < 4.78 is 20.5. The Morgan fingerprint density at radius 2 is 1.75 bits per heavy atom. The molecule has 1 fully saturated rings. The van der Waals surface area contributed by atoms with Crippen LogP contribution in [0.15, 0.2) is 67.3 Å². The Balaban J connectivity index is 1.46. The second kappa shape index (κ2) is 7.69. The molecule has 0 aliphatic carbocycles. The van der Waals surface area contributed by atoms with Crippen LogP contribution in [0.4, 0.5) is 10.1 Å². The predicted octanol–water partition coefficient (Wildman–Crippen LogP) is 4.82. The van der Waals surface area contributed by atoms with E-state index < -0.39 is 0 Å². The van der Waals surface area contributed by atoms with Crippen molar-refractivity contribution in [2.45, 2.75) is 0 Å². The summed E-state index contributed by atoms with van der Waals surface area (Å²) in [7, 11) is 0. The number of aromatic nitrogens is 4. The Morgan fingerprint density at radius 3 is 2.62 bits per heavy atom. The monoisotopic (exact) mass is 425 g/mol. The van der Waals surface area contributed by atoms with Crippen LogP contribution in [0.2, 0.25) is 0 Å². The van der Waals surface area contributed by atoms with Crippen molar-refractivity contribution < 1.29 is 9.13 Å². The molecule has 4 heterocycles. The molecule has 0 radical (unpaired) electrons.